The number of hydrogen-bond donors (Lipinski definition) is 0. The first-order valence-corrected chi connectivity index (χ1v) is 8.33. The van der Waals surface area contributed by atoms with E-state index in [-0.39, 0.29) is 9.90 Å². The van der Waals surface area contributed by atoms with E-state index in [2.05, 4.69) is 0 Å². The normalized spacial score (nSPS) is 2.50. The minimum atomic E-state index is -0.931. The first kappa shape index (κ1) is 9.16. The summed E-state index contributed by atoms with van der Waals surface area (Å²) in [6.07, 6.45) is 0. The molecule has 0 aliphatic heterocycles. The van der Waals surface area contributed by atoms with Gasteiger partial charge >= 0.3 is 34.5 Å². The van der Waals surface area contributed by atoms with Gasteiger partial charge in [0.25, 0.3) is 0 Å². The van der Waals surface area contributed by atoms with Crippen molar-refractivity contribution in [2.75, 3.05) is 0 Å². The van der Waals surface area contributed by atoms with Crippen molar-refractivity contribution in [3.8, 4) is 0 Å². The molecule has 0 rings (SSSR count). The summed E-state index contributed by atoms with van der Waals surface area (Å²) >= 11 is -0.931. The van der Waals surface area contributed by atoms with Gasteiger partial charge in [-0.05, 0) is 0 Å². The van der Waals surface area contributed by atoms with Crippen molar-refractivity contribution < 1.29 is 15.1 Å². The van der Waals surface area contributed by atoms with E-state index >= 15 is 0 Å². The van der Waals surface area contributed by atoms with Gasteiger partial charge in [-0.15, -0.1) is 0 Å². The topological polar surface area (TPSA) is 0 Å². The number of halogens is 2. The summed E-state index contributed by atoms with van der Waals surface area (Å²) in [6.45, 7) is 0. The average Bonchev–Trinajstić information content (AvgIpc) is 0.918. The van der Waals surface area contributed by atoms with Gasteiger partial charge in [0.1, 0.15) is 0 Å². The van der Waals surface area contributed by atoms with Crippen LogP contribution in [-0.2, 0) is 15.1 Å². The summed E-state index contributed by atoms with van der Waals surface area (Å²) in [5, 5.41) is 0. The molecule has 0 radical (unpaired) electrons. The van der Waals surface area contributed by atoms with E-state index in [1.165, 1.54) is 0 Å². The van der Waals surface area contributed by atoms with Crippen LogP contribution in [0.3, 0.4) is 0 Å². The summed E-state index contributed by atoms with van der Waals surface area (Å²) in [5.41, 5.74) is 0. The Kier molecular flexibility index (Phi) is 20.2. The monoisotopic (exact) mass is 168 g/mol. The fourth-order valence-electron chi connectivity index (χ4n) is 0. The van der Waals surface area contributed by atoms with Crippen LogP contribution in [0.1, 0.15) is 0 Å². The molecule has 0 fully saturated rings. The van der Waals surface area contributed by atoms with Crippen LogP contribution in [0.15, 0.2) is 0 Å². The van der Waals surface area contributed by atoms with Crippen molar-refractivity contribution in [1.29, 1.82) is 0 Å². The van der Waals surface area contributed by atoms with Crippen LogP contribution in [-0.4, -0.2) is 0 Å². The molecule has 0 N–H and O–H groups in total. The van der Waals surface area contributed by atoms with Gasteiger partial charge in [-0.1, -0.05) is 0 Å². The first-order valence-electron chi connectivity index (χ1n) is 0.535. The predicted molar refractivity (Wildman–Crippen MR) is 22.8 cm³/mol. The Balaban J connectivity index is 0. The van der Waals surface area contributed by atoms with Gasteiger partial charge in [-0.2, -0.15) is 9.90 Å². The molecule has 0 aliphatic carbocycles. The molecule has 0 spiro atoms. The van der Waals surface area contributed by atoms with Crippen molar-refractivity contribution in [1.82, 2.24) is 0 Å². The zero-order valence-corrected chi connectivity index (χ0v) is 8.06. The molecule has 0 aliphatic rings. The molecular formula is H3Cl2PZn. The van der Waals surface area contributed by atoms with Gasteiger partial charge in [0.15, 0.2) is 0 Å². The molecule has 0 heterocycles. The van der Waals surface area contributed by atoms with Crippen molar-refractivity contribution in [3.05, 3.63) is 0 Å². The summed E-state index contributed by atoms with van der Waals surface area (Å²) in [5.74, 6) is 0. The van der Waals surface area contributed by atoms with Gasteiger partial charge in [-0.3, -0.25) is 0 Å². The summed E-state index contributed by atoms with van der Waals surface area (Å²) in [6, 6.07) is 0. The third-order valence-corrected chi connectivity index (χ3v) is 0. The molecule has 4 heteroatoms. The number of rotatable bonds is 0. The van der Waals surface area contributed by atoms with Crippen LogP contribution >= 0.6 is 29.3 Å². The number of hydrogen-bond acceptors (Lipinski definition) is 0. The Labute approximate surface area is 44.5 Å². The van der Waals surface area contributed by atoms with Crippen LogP contribution in [0.25, 0.3) is 0 Å². The molecular weight excluding hydrogens is 167 g/mol. The fourth-order valence-corrected chi connectivity index (χ4v) is 0. The molecule has 0 aromatic rings. The van der Waals surface area contributed by atoms with Gasteiger partial charge < -0.3 is 0 Å². The zero-order valence-electron chi connectivity index (χ0n) is 2.17. The summed E-state index contributed by atoms with van der Waals surface area (Å²) in [7, 11) is 9.90. The molecule has 0 aromatic carbocycles. The van der Waals surface area contributed by atoms with Crippen LogP contribution in [0.4, 0.5) is 0 Å². The second-order valence-corrected chi connectivity index (χ2v) is 4.72. The van der Waals surface area contributed by atoms with Gasteiger partial charge in [0.05, 0.1) is 0 Å². The minimum absolute atomic E-state index is 0. The molecule has 0 nitrogen and oxygen atoms in total. The van der Waals surface area contributed by atoms with Crippen molar-refractivity contribution in [2.45, 2.75) is 0 Å². The molecule has 0 amide bonds. The van der Waals surface area contributed by atoms with Crippen molar-refractivity contribution in [3.63, 3.8) is 0 Å². The van der Waals surface area contributed by atoms with E-state index in [0.717, 1.165) is 0 Å². The van der Waals surface area contributed by atoms with E-state index in [9.17, 15) is 0 Å². The van der Waals surface area contributed by atoms with Crippen LogP contribution in [0.2, 0.25) is 0 Å². The Morgan fingerprint density at radius 3 is 1.25 bits per heavy atom. The molecule has 4 heavy (non-hydrogen) atoms. The molecule has 24 valence electrons. The van der Waals surface area contributed by atoms with E-state index in [4.69, 9.17) is 19.4 Å². The first-order chi connectivity index (χ1) is 1.41. The maximum absolute atomic E-state index is 4.95. The average molecular weight is 170 g/mol. The molecule has 0 aromatic heterocycles. The molecule has 0 bridgehead atoms. The van der Waals surface area contributed by atoms with Crippen LogP contribution in [0, 0.1) is 0 Å². The quantitative estimate of drug-likeness (QED) is 0.381. The summed E-state index contributed by atoms with van der Waals surface area (Å²) < 4.78 is 0. The summed E-state index contributed by atoms with van der Waals surface area (Å²) in [4.78, 5) is 0. The Hall–Kier alpha value is 1.63. The van der Waals surface area contributed by atoms with Gasteiger partial charge in [0, 0.05) is 0 Å². The molecule has 1 atom stereocenters. The van der Waals surface area contributed by atoms with Crippen LogP contribution < -0.4 is 0 Å². The Morgan fingerprint density at radius 2 is 1.25 bits per heavy atom. The van der Waals surface area contributed by atoms with Crippen LogP contribution in [0.5, 0.6) is 0 Å². The predicted octanol–water partition coefficient (Wildman–Crippen LogP) is 1.43. The van der Waals surface area contributed by atoms with E-state index < -0.39 is 15.1 Å². The molecule has 0 saturated heterocycles. The maximum atomic E-state index is 4.95. The third-order valence-electron chi connectivity index (χ3n) is 0. The van der Waals surface area contributed by atoms with E-state index in [1.807, 2.05) is 0 Å². The third kappa shape index (κ3) is 9.44. The van der Waals surface area contributed by atoms with E-state index in [0.29, 0.717) is 0 Å². The van der Waals surface area contributed by atoms with E-state index in [1.54, 1.807) is 0 Å². The van der Waals surface area contributed by atoms with Crippen molar-refractivity contribution in [2.24, 2.45) is 0 Å². The Bertz CT molecular complexity index is 6.00. The second-order valence-electron chi connectivity index (χ2n) is 0.101. The fraction of sp³-hybridized carbons (Fsp3) is 0. The molecule has 0 saturated carbocycles. The molecule has 1 unspecified atom stereocenters. The van der Waals surface area contributed by atoms with Gasteiger partial charge in [0.2, 0.25) is 0 Å². The standard InChI is InChI=1S/2ClH.H3P.Zn/h2*1H;1H3;/q;;;+2/p-2. The SMILES string of the molecule is P.[Cl][Zn][Cl]. The Morgan fingerprint density at radius 1 is 1.25 bits per heavy atom. The zero-order chi connectivity index (χ0) is 2.71. The van der Waals surface area contributed by atoms with Gasteiger partial charge in [-0.25, -0.2) is 0 Å². The second kappa shape index (κ2) is 8.82. The van der Waals surface area contributed by atoms with Crippen molar-refractivity contribution >= 4 is 29.3 Å².